The highest BCUT2D eigenvalue weighted by atomic mass is 16.5. The summed E-state index contributed by atoms with van der Waals surface area (Å²) in [6, 6.07) is 21.9. The molecular weight excluding hydrogens is 442 g/mol. The fraction of sp³-hybridized carbons (Fsp3) is 0.0741. The number of fused-ring (bicyclic) bond motifs is 1. The zero-order chi connectivity index (χ0) is 24.2. The molecule has 3 heterocycles. The number of amides is 1. The molecule has 8 nitrogen and oxygen atoms in total. The number of methoxy groups -OCH3 is 1. The maximum absolute atomic E-state index is 13.5. The summed E-state index contributed by atoms with van der Waals surface area (Å²) in [5.41, 5.74) is 4.13. The number of nitrogens with one attached hydrogen (secondary N) is 1. The van der Waals surface area contributed by atoms with Gasteiger partial charge in [0.2, 0.25) is 0 Å². The zero-order valence-corrected chi connectivity index (χ0v) is 18.9. The van der Waals surface area contributed by atoms with Crippen LogP contribution in [0.2, 0.25) is 0 Å². The SMILES string of the molecule is COC(=O)c1ccccc1NC(=O)c1cc(-c2ccccc2)nc2c1cnn2Cc1ccncc1. The zero-order valence-electron chi connectivity index (χ0n) is 18.9. The molecule has 5 rings (SSSR count). The lowest BCUT2D eigenvalue weighted by molar-refractivity contribution is 0.0602. The largest absolute Gasteiger partial charge is 0.465 e. The second-order valence-corrected chi connectivity index (χ2v) is 7.81. The van der Waals surface area contributed by atoms with E-state index >= 15 is 0 Å². The Bertz CT molecular complexity index is 1510. The summed E-state index contributed by atoms with van der Waals surface area (Å²) < 4.78 is 6.61. The van der Waals surface area contributed by atoms with Crippen LogP contribution in [0.4, 0.5) is 5.69 Å². The first-order valence-corrected chi connectivity index (χ1v) is 10.9. The van der Waals surface area contributed by atoms with Gasteiger partial charge in [0.1, 0.15) is 0 Å². The molecule has 0 radical (unpaired) electrons. The lowest BCUT2D eigenvalue weighted by atomic mass is 10.1. The van der Waals surface area contributed by atoms with Gasteiger partial charge in [-0.25, -0.2) is 14.5 Å². The van der Waals surface area contributed by atoms with Gasteiger partial charge in [-0.15, -0.1) is 0 Å². The van der Waals surface area contributed by atoms with E-state index in [-0.39, 0.29) is 11.5 Å². The molecule has 8 heteroatoms. The van der Waals surface area contributed by atoms with Gasteiger partial charge in [0.05, 0.1) is 47.7 Å². The monoisotopic (exact) mass is 463 g/mol. The summed E-state index contributed by atoms with van der Waals surface area (Å²) in [7, 11) is 1.30. The third-order valence-electron chi connectivity index (χ3n) is 5.59. The molecule has 0 aliphatic rings. The number of pyridine rings is 2. The van der Waals surface area contributed by atoms with Crippen molar-refractivity contribution in [2.75, 3.05) is 12.4 Å². The number of hydrogen-bond donors (Lipinski definition) is 1. The van der Waals surface area contributed by atoms with Gasteiger partial charge in [-0.2, -0.15) is 5.10 Å². The van der Waals surface area contributed by atoms with Crippen LogP contribution in [0.3, 0.4) is 0 Å². The summed E-state index contributed by atoms with van der Waals surface area (Å²) >= 11 is 0. The van der Waals surface area contributed by atoms with Crippen molar-refractivity contribution in [1.82, 2.24) is 19.7 Å². The Morgan fingerprint density at radius 3 is 2.46 bits per heavy atom. The summed E-state index contributed by atoms with van der Waals surface area (Å²) in [4.78, 5) is 34.6. The molecule has 35 heavy (non-hydrogen) atoms. The van der Waals surface area contributed by atoms with E-state index in [4.69, 9.17) is 9.72 Å². The predicted molar refractivity (Wildman–Crippen MR) is 132 cm³/mol. The van der Waals surface area contributed by atoms with Gasteiger partial charge in [0.15, 0.2) is 5.65 Å². The average Bonchev–Trinajstić information content (AvgIpc) is 3.31. The first-order valence-electron chi connectivity index (χ1n) is 10.9. The Morgan fingerprint density at radius 2 is 1.69 bits per heavy atom. The summed E-state index contributed by atoms with van der Waals surface area (Å²) in [5.74, 6) is -0.912. The van der Waals surface area contributed by atoms with Crippen LogP contribution < -0.4 is 5.32 Å². The number of hydrogen-bond acceptors (Lipinski definition) is 6. The van der Waals surface area contributed by atoms with Gasteiger partial charge in [0, 0.05) is 18.0 Å². The van der Waals surface area contributed by atoms with Crippen LogP contribution in [0.1, 0.15) is 26.3 Å². The van der Waals surface area contributed by atoms with Crippen LogP contribution in [0, 0.1) is 0 Å². The number of para-hydroxylation sites is 1. The standard InChI is InChI=1S/C27H21N5O3/c1-35-27(34)20-9-5-6-10-23(20)31-26(33)21-15-24(19-7-3-2-4-8-19)30-25-22(21)16-29-32(25)17-18-11-13-28-14-12-18/h2-16H,17H2,1H3,(H,31,33). The third kappa shape index (κ3) is 4.49. The molecule has 0 fully saturated rings. The van der Waals surface area contributed by atoms with Crippen LogP contribution >= 0.6 is 0 Å². The van der Waals surface area contributed by atoms with E-state index in [1.807, 2.05) is 42.5 Å². The van der Waals surface area contributed by atoms with E-state index in [1.54, 1.807) is 53.6 Å². The Hall–Kier alpha value is -4.85. The minimum atomic E-state index is -0.532. The van der Waals surface area contributed by atoms with E-state index in [0.717, 1.165) is 11.1 Å². The van der Waals surface area contributed by atoms with Crippen molar-refractivity contribution in [2.45, 2.75) is 6.54 Å². The molecule has 0 unspecified atom stereocenters. The third-order valence-corrected chi connectivity index (χ3v) is 5.59. The van der Waals surface area contributed by atoms with Crippen LogP contribution in [0.5, 0.6) is 0 Å². The molecule has 5 aromatic rings. The van der Waals surface area contributed by atoms with Crippen molar-refractivity contribution < 1.29 is 14.3 Å². The van der Waals surface area contributed by atoms with Crippen LogP contribution in [0.15, 0.2) is 91.4 Å². The fourth-order valence-electron chi connectivity index (χ4n) is 3.84. The van der Waals surface area contributed by atoms with Crippen molar-refractivity contribution >= 4 is 28.6 Å². The Morgan fingerprint density at radius 1 is 0.943 bits per heavy atom. The molecule has 0 saturated carbocycles. The van der Waals surface area contributed by atoms with Gasteiger partial charge in [-0.3, -0.25) is 9.78 Å². The second kappa shape index (κ2) is 9.56. The van der Waals surface area contributed by atoms with Crippen LogP contribution in [0.25, 0.3) is 22.3 Å². The van der Waals surface area contributed by atoms with Gasteiger partial charge in [-0.05, 0) is 35.9 Å². The van der Waals surface area contributed by atoms with E-state index < -0.39 is 5.97 Å². The number of rotatable bonds is 6. The number of benzene rings is 2. The van der Waals surface area contributed by atoms with Crippen molar-refractivity contribution in [3.8, 4) is 11.3 Å². The lowest BCUT2D eigenvalue weighted by Gasteiger charge is -2.12. The van der Waals surface area contributed by atoms with Crippen molar-refractivity contribution in [2.24, 2.45) is 0 Å². The van der Waals surface area contributed by atoms with Crippen molar-refractivity contribution in [1.29, 1.82) is 0 Å². The van der Waals surface area contributed by atoms with Crippen molar-refractivity contribution in [3.63, 3.8) is 0 Å². The topological polar surface area (TPSA) is 99.0 Å². The summed E-state index contributed by atoms with van der Waals surface area (Å²) in [5, 5.41) is 7.98. The Balaban J connectivity index is 1.60. The van der Waals surface area contributed by atoms with E-state index in [2.05, 4.69) is 15.4 Å². The number of ether oxygens (including phenoxy) is 1. The molecule has 0 aliphatic carbocycles. The molecule has 0 aliphatic heterocycles. The quantitative estimate of drug-likeness (QED) is 0.370. The highest BCUT2D eigenvalue weighted by Crippen LogP contribution is 2.27. The smallest absolute Gasteiger partial charge is 0.339 e. The van der Waals surface area contributed by atoms with Gasteiger partial charge >= 0.3 is 5.97 Å². The summed E-state index contributed by atoms with van der Waals surface area (Å²) in [6.07, 6.45) is 5.09. The van der Waals surface area contributed by atoms with Crippen LogP contribution in [-0.2, 0) is 11.3 Å². The minimum absolute atomic E-state index is 0.269. The number of esters is 1. The number of aromatic nitrogens is 4. The molecule has 172 valence electrons. The van der Waals surface area contributed by atoms with E-state index in [9.17, 15) is 9.59 Å². The Kier molecular flexibility index (Phi) is 6.00. The van der Waals surface area contributed by atoms with Crippen LogP contribution in [-0.4, -0.2) is 38.7 Å². The minimum Gasteiger partial charge on any atom is -0.465 e. The van der Waals surface area contributed by atoms with Gasteiger partial charge < -0.3 is 10.1 Å². The molecule has 0 saturated heterocycles. The molecule has 0 atom stereocenters. The average molecular weight is 463 g/mol. The van der Waals surface area contributed by atoms with Crippen molar-refractivity contribution in [3.05, 3.63) is 108 Å². The molecule has 0 bridgehead atoms. The summed E-state index contributed by atoms with van der Waals surface area (Å²) in [6.45, 7) is 0.476. The lowest BCUT2D eigenvalue weighted by Crippen LogP contribution is -2.16. The molecule has 3 aromatic heterocycles. The number of carbonyl (C=O) groups is 2. The Labute approximate surface area is 201 Å². The second-order valence-electron chi connectivity index (χ2n) is 7.81. The highest BCUT2D eigenvalue weighted by Gasteiger charge is 2.20. The predicted octanol–water partition coefficient (Wildman–Crippen LogP) is 4.58. The first-order chi connectivity index (χ1) is 17.1. The van der Waals surface area contributed by atoms with E-state index in [1.165, 1.54) is 7.11 Å². The molecule has 1 amide bonds. The normalized spacial score (nSPS) is 10.8. The first kappa shape index (κ1) is 22.0. The molecule has 1 N–H and O–H groups in total. The molecular formula is C27H21N5O3. The highest BCUT2D eigenvalue weighted by molar-refractivity contribution is 6.14. The maximum Gasteiger partial charge on any atom is 0.339 e. The maximum atomic E-state index is 13.5. The fourth-order valence-corrected chi connectivity index (χ4v) is 3.84. The number of nitrogens with zero attached hydrogens (tertiary/aromatic N) is 4. The van der Waals surface area contributed by atoms with E-state index in [0.29, 0.717) is 34.5 Å². The molecule has 0 spiro atoms. The van der Waals surface area contributed by atoms with Gasteiger partial charge in [0.25, 0.3) is 5.91 Å². The number of anilines is 1. The molecule has 2 aromatic carbocycles. The van der Waals surface area contributed by atoms with Gasteiger partial charge in [-0.1, -0.05) is 42.5 Å². The number of carbonyl (C=O) groups excluding carboxylic acids is 2.